The van der Waals surface area contributed by atoms with E-state index in [0.29, 0.717) is 16.7 Å². The Hall–Kier alpha value is -0.570. The van der Waals surface area contributed by atoms with Gasteiger partial charge in [0.2, 0.25) is 5.28 Å². The quantitative estimate of drug-likeness (QED) is 0.819. The van der Waals surface area contributed by atoms with Crippen molar-refractivity contribution < 1.29 is 0 Å². The molecule has 19 heavy (non-hydrogen) atoms. The van der Waals surface area contributed by atoms with Crippen LogP contribution < -0.4 is 0 Å². The minimum Gasteiger partial charge on any atom is -0.299 e. The highest BCUT2D eigenvalue weighted by atomic mass is 35.5. The maximum Gasteiger partial charge on any atom is 0.225 e. The van der Waals surface area contributed by atoms with E-state index >= 15 is 0 Å². The molecule has 1 aromatic heterocycles. The lowest BCUT2D eigenvalue weighted by Crippen LogP contribution is -2.49. The van der Waals surface area contributed by atoms with E-state index in [1.54, 1.807) is 0 Å². The van der Waals surface area contributed by atoms with Gasteiger partial charge in [-0.1, -0.05) is 0 Å². The molecule has 0 saturated heterocycles. The third-order valence-electron chi connectivity index (χ3n) is 6.18. The van der Waals surface area contributed by atoms with Gasteiger partial charge in [0.05, 0.1) is 0 Å². The second kappa shape index (κ2) is 3.97. The van der Waals surface area contributed by atoms with E-state index in [1.807, 2.05) is 6.92 Å². The molecular formula is C15H22ClN3. The Morgan fingerprint density at radius 1 is 1.11 bits per heavy atom. The molecule has 1 aromatic rings. The molecule has 0 amide bonds. The van der Waals surface area contributed by atoms with Crippen molar-refractivity contribution in [1.82, 2.24) is 14.8 Å². The zero-order chi connectivity index (χ0) is 13.2. The molecule has 4 bridgehead atoms. The largest absolute Gasteiger partial charge is 0.299 e. The molecule has 4 aliphatic carbocycles. The highest BCUT2D eigenvalue weighted by Gasteiger charge is 2.53. The summed E-state index contributed by atoms with van der Waals surface area (Å²) in [5.41, 5.74) is 0.464. The van der Waals surface area contributed by atoms with Crippen LogP contribution in [0, 0.1) is 30.1 Å². The minimum atomic E-state index is 0.448. The monoisotopic (exact) mass is 279 g/mol. The molecule has 0 spiro atoms. The zero-order valence-electron chi connectivity index (χ0n) is 11.8. The Balaban J connectivity index is 1.72. The van der Waals surface area contributed by atoms with Crippen LogP contribution >= 0.6 is 11.6 Å². The van der Waals surface area contributed by atoms with Gasteiger partial charge in [0, 0.05) is 6.04 Å². The van der Waals surface area contributed by atoms with Gasteiger partial charge in [-0.05, 0) is 87.1 Å². The first kappa shape index (κ1) is 12.2. The Kier molecular flexibility index (Phi) is 2.55. The summed E-state index contributed by atoms with van der Waals surface area (Å²) in [7, 11) is 0. The summed E-state index contributed by atoms with van der Waals surface area (Å²) in [5, 5.41) is 8.76. The maximum absolute atomic E-state index is 6.27. The van der Waals surface area contributed by atoms with E-state index in [2.05, 4.69) is 21.7 Å². The van der Waals surface area contributed by atoms with Crippen LogP contribution in [0.15, 0.2) is 0 Å². The summed E-state index contributed by atoms with van der Waals surface area (Å²) in [6, 6.07) is 0.448. The number of hydrogen-bond acceptors (Lipinski definition) is 2. The lowest BCUT2D eigenvalue weighted by Gasteiger charge is -2.59. The van der Waals surface area contributed by atoms with Gasteiger partial charge in [-0.15, -0.1) is 10.2 Å². The van der Waals surface area contributed by atoms with Crippen LogP contribution in [0.1, 0.15) is 57.3 Å². The van der Waals surface area contributed by atoms with Crippen molar-refractivity contribution in [2.75, 3.05) is 0 Å². The van der Waals surface area contributed by atoms with Gasteiger partial charge in [-0.25, -0.2) is 0 Å². The molecule has 4 saturated carbocycles. The van der Waals surface area contributed by atoms with E-state index in [1.165, 1.54) is 38.5 Å². The van der Waals surface area contributed by atoms with Crippen LogP contribution in [-0.2, 0) is 0 Å². The fourth-order valence-corrected chi connectivity index (χ4v) is 6.05. The van der Waals surface area contributed by atoms with Gasteiger partial charge in [-0.3, -0.25) is 4.57 Å². The van der Waals surface area contributed by atoms with Gasteiger partial charge in [0.1, 0.15) is 5.82 Å². The molecule has 0 radical (unpaired) electrons. The summed E-state index contributed by atoms with van der Waals surface area (Å²) in [5.74, 6) is 3.89. The average molecular weight is 280 g/mol. The van der Waals surface area contributed by atoms with Gasteiger partial charge < -0.3 is 0 Å². The summed E-state index contributed by atoms with van der Waals surface area (Å²) < 4.78 is 2.18. The molecule has 4 fully saturated rings. The number of halogens is 1. The minimum absolute atomic E-state index is 0.448. The lowest BCUT2D eigenvalue weighted by atomic mass is 9.48. The standard InChI is InChI=1S/C15H22ClN3/c1-9(19-10(2)17-18-14(19)16)15-6-11-3-12(7-15)5-13(4-11)8-15/h9,11-13H,3-8H2,1-2H3. The molecule has 3 nitrogen and oxygen atoms in total. The van der Waals surface area contributed by atoms with Crippen molar-refractivity contribution in [2.24, 2.45) is 23.2 Å². The normalized spacial score (nSPS) is 41.7. The molecule has 0 N–H and O–H groups in total. The van der Waals surface area contributed by atoms with Gasteiger partial charge in [0.15, 0.2) is 0 Å². The second-order valence-electron chi connectivity index (χ2n) is 7.34. The highest BCUT2D eigenvalue weighted by Crippen LogP contribution is 2.63. The van der Waals surface area contributed by atoms with E-state index < -0.39 is 0 Å². The first-order chi connectivity index (χ1) is 9.07. The van der Waals surface area contributed by atoms with Gasteiger partial charge >= 0.3 is 0 Å². The number of rotatable bonds is 2. The first-order valence-electron chi connectivity index (χ1n) is 7.64. The average Bonchev–Trinajstić information content (AvgIpc) is 2.66. The molecule has 104 valence electrons. The van der Waals surface area contributed by atoms with Crippen molar-refractivity contribution in [3.05, 3.63) is 11.1 Å². The van der Waals surface area contributed by atoms with E-state index in [-0.39, 0.29) is 0 Å². The van der Waals surface area contributed by atoms with Crippen LogP contribution in [0.2, 0.25) is 5.28 Å². The fraction of sp³-hybridized carbons (Fsp3) is 0.867. The van der Waals surface area contributed by atoms with Crippen LogP contribution in [0.5, 0.6) is 0 Å². The zero-order valence-corrected chi connectivity index (χ0v) is 12.5. The molecule has 1 unspecified atom stereocenters. The summed E-state index contributed by atoms with van der Waals surface area (Å²) in [4.78, 5) is 0. The maximum atomic E-state index is 6.27. The van der Waals surface area contributed by atoms with Crippen molar-refractivity contribution in [3.63, 3.8) is 0 Å². The van der Waals surface area contributed by atoms with Crippen molar-refractivity contribution in [1.29, 1.82) is 0 Å². The Bertz CT molecular complexity index is 453. The number of aryl methyl sites for hydroxylation is 1. The molecule has 4 heteroatoms. The summed E-state index contributed by atoms with van der Waals surface area (Å²) in [6.45, 7) is 4.37. The molecular weight excluding hydrogens is 258 g/mol. The highest BCUT2D eigenvalue weighted by molar-refractivity contribution is 6.28. The molecule has 5 rings (SSSR count). The van der Waals surface area contributed by atoms with Gasteiger partial charge in [0.25, 0.3) is 0 Å². The van der Waals surface area contributed by atoms with Crippen LogP contribution in [0.3, 0.4) is 0 Å². The fourth-order valence-electron chi connectivity index (χ4n) is 5.75. The van der Waals surface area contributed by atoms with Crippen LogP contribution in [0.25, 0.3) is 0 Å². The third kappa shape index (κ3) is 1.70. The predicted octanol–water partition coefficient (Wildman–Crippen LogP) is 4.02. The SMILES string of the molecule is Cc1nnc(Cl)n1C(C)C12CC3CC(CC(C3)C1)C2. The van der Waals surface area contributed by atoms with Crippen LogP contribution in [0.4, 0.5) is 0 Å². The molecule has 4 aliphatic rings. The Morgan fingerprint density at radius 2 is 1.63 bits per heavy atom. The van der Waals surface area contributed by atoms with Crippen LogP contribution in [-0.4, -0.2) is 14.8 Å². The number of aromatic nitrogens is 3. The molecule has 1 heterocycles. The Labute approximate surface area is 119 Å². The third-order valence-corrected chi connectivity index (χ3v) is 6.44. The lowest BCUT2D eigenvalue weighted by molar-refractivity contribution is -0.0791. The predicted molar refractivity (Wildman–Crippen MR) is 75.1 cm³/mol. The number of nitrogens with zero attached hydrogens (tertiary/aromatic N) is 3. The molecule has 1 atom stereocenters. The van der Waals surface area contributed by atoms with E-state index in [0.717, 1.165) is 23.6 Å². The summed E-state index contributed by atoms with van der Waals surface area (Å²) in [6.07, 6.45) is 8.65. The first-order valence-corrected chi connectivity index (χ1v) is 8.02. The second-order valence-corrected chi connectivity index (χ2v) is 7.68. The summed E-state index contributed by atoms with van der Waals surface area (Å²) >= 11 is 6.27. The topological polar surface area (TPSA) is 30.7 Å². The van der Waals surface area contributed by atoms with Crippen molar-refractivity contribution >= 4 is 11.6 Å². The smallest absolute Gasteiger partial charge is 0.225 e. The van der Waals surface area contributed by atoms with E-state index in [4.69, 9.17) is 11.6 Å². The number of hydrogen-bond donors (Lipinski definition) is 0. The van der Waals surface area contributed by atoms with Gasteiger partial charge in [-0.2, -0.15) is 0 Å². The van der Waals surface area contributed by atoms with Crippen molar-refractivity contribution in [2.45, 2.75) is 58.4 Å². The van der Waals surface area contributed by atoms with Crippen molar-refractivity contribution in [3.8, 4) is 0 Å². The molecule has 0 aromatic carbocycles. The molecule has 0 aliphatic heterocycles. The van der Waals surface area contributed by atoms with E-state index in [9.17, 15) is 0 Å². The Morgan fingerprint density at radius 3 is 2.05 bits per heavy atom.